The molecule has 0 aliphatic carbocycles. The number of hydrogen-bond acceptors (Lipinski definition) is 4. The molecule has 2 N–H and O–H groups in total. The van der Waals surface area contributed by atoms with E-state index in [0.29, 0.717) is 17.4 Å². The summed E-state index contributed by atoms with van der Waals surface area (Å²) in [4.78, 5) is 21.8. The van der Waals surface area contributed by atoms with E-state index in [0.717, 1.165) is 17.9 Å². The highest BCUT2D eigenvalue weighted by atomic mass is 35.5. The van der Waals surface area contributed by atoms with Crippen LogP contribution >= 0.6 is 23.4 Å². The molecule has 0 bridgehead atoms. The topological polar surface area (TPSA) is 75.6 Å². The van der Waals surface area contributed by atoms with Crippen molar-refractivity contribution in [3.8, 4) is 5.75 Å². The zero-order chi connectivity index (χ0) is 15.7. The van der Waals surface area contributed by atoms with E-state index in [1.54, 1.807) is 24.3 Å². The normalized spacial score (nSPS) is 11.7. The van der Waals surface area contributed by atoms with Gasteiger partial charge >= 0.3 is 5.97 Å². The molecule has 0 aliphatic rings. The second-order valence-corrected chi connectivity index (χ2v) is 5.91. The zero-order valence-corrected chi connectivity index (χ0v) is 13.2. The van der Waals surface area contributed by atoms with Crippen molar-refractivity contribution in [2.75, 3.05) is 18.1 Å². The fraction of sp³-hybridized carbons (Fsp3) is 0.429. The molecule has 0 aromatic heterocycles. The van der Waals surface area contributed by atoms with Crippen LogP contribution < -0.4 is 10.1 Å². The highest BCUT2D eigenvalue weighted by Crippen LogP contribution is 2.16. The van der Waals surface area contributed by atoms with Crippen molar-refractivity contribution in [3.63, 3.8) is 0 Å². The van der Waals surface area contributed by atoms with Crippen molar-refractivity contribution in [1.29, 1.82) is 0 Å². The summed E-state index contributed by atoms with van der Waals surface area (Å²) in [5.74, 6) is 0.502. The Bertz CT molecular complexity index is 467. The molecule has 1 rings (SSSR count). The fourth-order valence-electron chi connectivity index (χ4n) is 1.50. The summed E-state index contributed by atoms with van der Waals surface area (Å²) in [5, 5.41) is 12.0. The minimum absolute atomic E-state index is 0.339. The summed E-state index contributed by atoms with van der Waals surface area (Å²) in [7, 11) is 0. The number of nitrogens with one attached hydrogen (secondary N) is 1. The average Bonchev–Trinajstić information content (AvgIpc) is 2.42. The van der Waals surface area contributed by atoms with Crippen molar-refractivity contribution in [2.24, 2.45) is 0 Å². The Hall–Kier alpha value is -1.40. The van der Waals surface area contributed by atoms with Crippen LogP contribution in [0.15, 0.2) is 24.3 Å². The quantitative estimate of drug-likeness (QED) is 0.680. The van der Waals surface area contributed by atoms with Crippen molar-refractivity contribution >= 4 is 35.2 Å². The number of aliphatic carboxylic acids is 1. The molecule has 1 aromatic carbocycles. The molecule has 0 heterocycles. The summed E-state index contributed by atoms with van der Waals surface area (Å²) in [5.41, 5.74) is 0. The lowest BCUT2D eigenvalue weighted by atomic mass is 10.3. The molecule has 1 atom stereocenters. The number of halogens is 1. The van der Waals surface area contributed by atoms with Crippen molar-refractivity contribution < 1.29 is 19.4 Å². The standard InChI is InChI=1S/C14H18ClNO4S/c1-10(17)16-13(14(18)19)9-21-8-2-7-20-12-5-3-11(15)4-6-12/h3-6,13H,2,7-9H2,1H3,(H,16,17)(H,18,19)/t13-/m0/s1. The molecule has 1 aromatic rings. The number of carboxylic acid groups (broad SMARTS) is 1. The average molecular weight is 332 g/mol. The van der Waals surface area contributed by atoms with Gasteiger partial charge in [-0.3, -0.25) is 4.79 Å². The molecule has 0 saturated heterocycles. The molecule has 0 spiro atoms. The first-order valence-electron chi connectivity index (χ1n) is 6.45. The maximum Gasteiger partial charge on any atom is 0.327 e. The number of rotatable bonds is 9. The number of hydrogen-bond donors (Lipinski definition) is 2. The van der Waals surface area contributed by atoms with Crippen molar-refractivity contribution in [3.05, 3.63) is 29.3 Å². The predicted molar refractivity (Wildman–Crippen MR) is 84.1 cm³/mol. The van der Waals surface area contributed by atoms with E-state index in [4.69, 9.17) is 21.4 Å². The van der Waals surface area contributed by atoms with E-state index in [1.165, 1.54) is 18.7 Å². The smallest absolute Gasteiger partial charge is 0.327 e. The molecule has 116 valence electrons. The van der Waals surface area contributed by atoms with Gasteiger partial charge in [-0.25, -0.2) is 4.79 Å². The van der Waals surface area contributed by atoms with Gasteiger partial charge in [-0.15, -0.1) is 0 Å². The van der Waals surface area contributed by atoms with E-state index < -0.39 is 12.0 Å². The molecule has 0 fully saturated rings. The molecule has 0 radical (unpaired) electrons. The van der Waals surface area contributed by atoms with Gasteiger partial charge in [-0.1, -0.05) is 11.6 Å². The Balaban J connectivity index is 2.14. The number of amides is 1. The van der Waals surface area contributed by atoms with E-state index in [9.17, 15) is 9.59 Å². The van der Waals surface area contributed by atoms with Crippen LogP contribution in [0.5, 0.6) is 5.75 Å². The number of benzene rings is 1. The number of thioether (sulfide) groups is 1. The third-order valence-corrected chi connectivity index (χ3v) is 3.87. The maximum atomic E-state index is 10.9. The van der Waals surface area contributed by atoms with Crippen LogP contribution in [0.4, 0.5) is 0 Å². The lowest BCUT2D eigenvalue weighted by molar-refractivity contribution is -0.140. The van der Waals surface area contributed by atoms with E-state index in [-0.39, 0.29) is 5.91 Å². The summed E-state index contributed by atoms with van der Waals surface area (Å²) in [6.07, 6.45) is 0.791. The van der Waals surface area contributed by atoms with Gasteiger partial charge in [0.25, 0.3) is 0 Å². The Morgan fingerprint density at radius 1 is 1.38 bits per heavy atom. The molecule has 0 aliphatic heterocycles. The Labute approximate surface area is 133 Å². The molecular weight excluding hydrogens is 314 g/mol. The third kappa shape index (κ3) is 7.82. The van der Waals surface area contributed by atoms with Crippen LogP contribution in [0, 0.1) is 0 Å². The number of carboxylic acids is 1. The monoisotopic (exact) mass is 331 g/mol. The van der Waals surface area contributed by atoms with Gasteiger partial charge in [-0.2, -0.15) is 11.8 Å². The zero-order valence-electron chi connectivity index (χ0n) is 11.7. The summed E-state index contributed by atoms with van der Waals surface area (Å²) >= 11 is 7.24. The van der Waals surface area contributed by atoms with Crippen LogP contribution in [0.2, 0.25) is 5.02 Å². The van der Waals surface area contributed by atoms with Crippen molar-refractivity contribution in [1.82, 2.24) is 5.32 Å². The first kappa shape index (κ1) is 17.7. The van der Waals surface area contributed by atoms with E-state index in [2.05, 4.69) is 5.32 Å². The van der Waals surface area contributed by atoms with Gasteiger partial charge in [0.1, 0.15) is 11.8 Å². The molecule has 0 unspecified atom stereocenters. The van der Waals surface area contributed by atoms with Gasteiger partial charge < -0.3 is 15.2 Å². The van der Waals surface area contributed by atoms with Crippen LogP contribution in [0.1, 0.15) is 13.3 Å². The predicted octanol–water partition coefficient (Wildman–Crippen LogP) is 2.43. The lowest BCUT2D eigenvalue weighted by Crippen LogP contribution is -2.41. The van der Waals surface area contributed by atoms with Gasteiger partial charge in [-0.05, 0) is 36.4 Å². The number of carbonyl (C=O) groups is 2. The van der Waals surface area contributed by atoms with Crippen LogP contribution in [-0.4, -0.2) is 41.1 Å². The second-order valence-electron chi connectivity index (χ2n) is 4.32. The SMILES string of the molecule is CC(=O)N[C@@H](CSCCCOc1ccc(Cl)cc1)C(=O)O. The Kier molecular flexibility index (Phi) is 8.00. The highest BCUT2D eigenvalue weighted by molar-refractivity contribution is 7.99. The molecular formula is C14H18ClNO4S. The van der Waals surface area contributed by atoms with E-state index in [1.807, 2.05) is 0 Å². The van der Waals surface area contributed by atoms with Crippen molar-refractivity contribution in [2.45, 2.75) is 19.4 Å². The maximum absolute atomic E-state index is 10.9. The second kappa shape index (κ2) is 9.52. The molecule has 21 heavy (non-hydrogen) atoms. The van der Waals surface area contributed by atoms with Gasteiger partial charge in [0, 0.05) is 17.7 Å². The Morgan fingerprint density at radius 2 is 2.05 bits per heavy atom. The molecule has 7 heteroatoms. The molecule has 5 nitrogen and oxygen atoms in total. The fourth-order valence-corrected chi connectivity index (χ4v) is 2.58. The first-order chi connectivity index (χ1) is 9.99. The van der Waals surface area contributed by atoms with Gasteiger partial charge in [0.15, 0.2) is 0 Å². The molecule has 0 saturated carbocycles. The first-order valence-corrected chi connectivity index (χ1v) is 7.98. The Morgan fingerprint density at radius 3 is 2.62 bits per heavy atom. The summed E-state index contributed by atoms with van der Waals surface area (Å²) in [6, 6.07) is 6.27. The molecule has 1 amide bonds. The largest absolute Gasteiger partial charge is 0.494 e. The van der Waals surface area contributed by atoms with Crippen LogP contribution in [-0.2, 0) is 9.59 Å². The summed E-state index contributed by atoms with van der Waals surface area (Å²) in [6.45, 7) is 1.85. The van der Waals surface area contributed by atoms with Crippen LogP contribution in [0.3, 0.4) is 0 Å². The number of ether oxygens (including phenoxy) is 1. The number of carbonyl (C=O) groups excluding carboxylic acids is 1. The minimum Gasteiger partial charge on any atom is -0.494 e. The van der Waals surface area contributed by atoms with Crippen LogP contribution in [0.25, 0.3) is 0 Å². The van der Waals surface area contributed by atoms with E-state index >= 15 is 0 Å². The van der Waals surface area contributed by atoms with Gasteiger partial charge in [0.2, 0.25) is 5.91 Å². The third-order valence-electron chi connectivity index (χ3n) is 2.48. The summed E-state index contributed by atoms with van der Waals surface area (Å²) < 4.78 is 5.52. The highest BCUT2D eigenvalue weighted by Gasteiger charge is 2.17. The van der Waals surface area contributed by atoms with Gasteiger partial charge in [0.05, 0.1) is 6.61 Å². The lowest BCUT2D eigenvalue weighted by Gasteiger charge is -2.12. The minimum atomic E-state index is -1.02.